The molecule has 0 bridgehead atoms. The van der Waals surface area contributed by atoms with Crippen LogP contribution < -0.4 is 26.0 Å². The van der Waals surface area contributed by atoms with Crippen molar-refractivity contribution < 1.29 is 72.0 Å². The van der Waals surface area contributed by atoms with Crippen LogP contribution in [-0.4, -0.2) is 251 Å². The summed E-state index contributed by atoms with van der Waals surface area (Å²) in [6.45, 7) is 3.39. The molecule has 0 saturated carbocycles. The number of nitrogens with zero attached hydrogens (tertiary/aromatic N) is 9. The van der Waals surface area contributed by atoms with E-state index in [9.17, 15) is 72.5 Å². The van der Waals surface area contributed by atoms with Crippen LogP contribution in [0.4, 0.5) is 8.78 Å². The first-order valence-corrected chi connectivity index (χ1v) is 33.9. The third-order valence-corrected chi connectivity index (χ3v) is 17.8. The number of amides is 6. The Morgan fingerprint density at radius 1 is 0.726 bits per heavy atom. The van der Waals surface area contributed by atoms with Gasteiger partial charge in [-0.3, -0.25) is 72.7 Å². The number of carboxylic acid groups (broad SMARTS) is 3. The molecule has 3 aliphatic rings. The number of aliphatic carboxylic acids is 3. The van der Waals surface area contributed by atoms with E-state index in [1.54, 1.807) is 50.8 Å². The maximum absolute atomic E-state index is 13.9. The second-order valence-corrected chi connectivity index (χ2v) is 25.9. The molecule has 6 amide bonds. The molecule has 2 atom stereocenters. The third-order valence-electron chi connectivity index (χ3n) is 17.1. The van der Waals surface area contributed by atoms with E-state index in [2.05, 4.69) is 66.0 Å². The number of piperidine rings is 1. The second kappa shape index (κ2) is 40.1. The smallest absolute Gasteiger partial charge is 0.317 e. The number of aryl methyl sites for hydroxylation is 1. The van der Waals surface area contributed by atoms with E-state index in [0.717, 1.165) is 52.6 Å². The van der Waals surface area contributed by atoms with E-state index in [1.807, 2.05) is 17.0 Å². The Bertz CT molecular complexity index is 3100. The van der Waals surface area contributed by atoms with E-state index in [1.165, 1.54) is 12.3 Å². The Kier molecular flexibility index (Phi) is 32.3. The van der Waals surface area contributed by atoms with Gasteiger partial charge in [0, 0.05) is 113 Å². The van der Waals surface area contributed by atoms with Gasteiger partial charge in [-0.1, -0.05) is 25.0 Å². The molecule has 6 rings (SSSR count). The molecular formula is C66H92F2IN13O13. The summed E-state index contributed by atoms with van der Waals surface area (Å²) in [5, 5.41) is 49.9. The van der Waals surface area contributed by atoms with Crippen LogP contribution in [0.15, 0.2) is 59.7 Å². The monoisotopic (exact) mass is 1440 g/mol. The van der Waals surface area contributed by atoms with Crippen LogP contribution in [0.5, 0.6) is 5.75 Å². The lowest BCUT2D eigenvalue weighted by molar-refractivity contribution is -0.140. The minimum Gasteiger partial charge on any atom is -0.494 e. The van der Waals surface area contributed by atoms with Gasteiger partial charge in [-0.15, -0.1) is 0 Å². The van der Waals surface area contributed by atoms with Gasteiger partial charge in [-0.2, -0.15) is 5.26 Å². The predicted molar refractivity (Wildman–Crippen MR) is 358 cm³/mol. The van der Waals surface area contributed by atoms with E-state index < -0.39 is 73.1 Å². The third kappa shape index (κ3) is 28.4. The number of nitriles is 1. The molecule has 26 nitrogen and oxygen atoms in total. The quantitative estimate of drug-likeness (QED) is 0.0187. The van der Waals surface area contributed by atoms with Crippen molar-refractivity contribution in [3.8, 4) is 11.8 Å². The SMILES string of the molecule is C/C(=N\CCCC[C@H](NC(=O)CN1CCN(CC(=O)O)CCN(CC(=O)O)CCN(CC(=O)O)CC1)C(=O)NCCCCCC(=O)N1CCC(CCCCOc2ccc3nccc(C(=O)NCC(=O)N4CC(F)(F)C[C@@H]4C#N)c3c2)CC1)NC(=O)CCCc1ccc(I)cc1. The summed E-state index contributed by atoms with van der Waals surface area (Å²) in [5.74, 6) is -7.18. The maximum Gasteiger partial charge on any atom is 0.317 e. The zero-order valence-corrected chi connectivity index (χ0v) is 56.4. The van der Waals surface area contributed by atoms with Crippen LogP contribution in [0.25, 0.3) is 10.9 Å². The number of carboxylic acids is 3. The Morgan fingerprint density at radius 3 is 1.98 bits per heavy atom. The fourth-order valence-corrected chi connectivity index (χ4v) is 12.2. The lowest BCUT2D eigenvalue weighted by Crippen LogP contribution is -2.52. The van der Waals surface area contributed by atoms with Crippen LogP contribution in [0.3, 0.4) is 0 Å². The molecule has 0 unspecified atom stereocenters. The number of likely N-dealkylation sites (tertiary alicyclic amines) is 2. The summed E-state index contributed by atoms with van der Waals surface area (Å²) in [7, 11) is 0. The van der Waals surface area contributed by atoms with E-state index in [-0.39, 0.29) is 108 Å². The molecule has 95 heavy (non-hydrogen) atoms. The number of nitrogens with one attached hydrogen (secondary N) is 4. The normalized spacial score (nSPS) is 17.6. The molecule has 1 aromatic heterocycles. The first-order chi connectivity index (χ1) is 45.5. The number of carbonyl (C=O) groups excluding carboxylic acids is 6. The summed E-state index contributed by atoms with van der Waals surface area (Å²) >= 11 is 2.25. The topological polar surface area (TPSA) is 340 Å². The van der Waals surface area contributed by atoms with Gasteiger partial charge in [-0.25, -0.2) is 8.78 Å². The number of halogens is 3. The summed E-state index contributed by atoms with van der Waals surface area (Å²) in [5.41, 5.74) is 1.90. The number of carbonyl (C=O) groups is 9. The largest absolute Gasteiger partial charge is 0.494 e. The zero-order chi connectivity index (χ0) is 68.7. The van der Waals surface area contributed by atoms with Gasteiger partial charge in [-0.05, 0) is 148 Å². The minimum absolute atomic E-state index is 0.0889. The van der Waals surface area contributed by atoms with Crippen molar-refractivity contribution >= 4 is 92.7 Å². The number of amidine groups is 1. The van der Waals surface area contributed by atoms with Crippen LogP contribution in [0, 0.1) is 20.8 Å². The van der Waals surface area contributed by atoms with E-state index >= 15 is 0 Å². The summed E-state index contributed by atoms with van der Waals surface area (Å²) in [6.07, 6.45) is 10.6. The molecule has 520 valence electrons. The Hall–Kier alpha value is -7.53. The molecule has 7 N–H and O–H groups in total. The lowest BCUT2D eigenvalue weighted by Gasteiger charge is -2.33. The molecule has 2 aromatic carbocycles. The Morgan fingerprint density at radius 2 is 1.36 bits per heavy atom. The number of hydrogen-bond acceptors (Lipinski definition) is 17. The van der Waals surface area contributed by atoms with Crippen molar-refractivity contribution in [3.05, 3.63) is 69.4 Å². The highest BCUT2D eigenvalue weighted by Gasteiger charge is 2.47. The fraction of sp³-hybridized carbons (Fsp3) is 0.606. The van der Waals surface area contributed by atoms with Gasteiger partial charge in [0.1, 0.15) is 17.8 Å². The number of ether oxygens (including phenoxy) is 1. The number of benzene rings is 2. The molecule has 3 aliphatic heterocycles. The molecule has 4 heterocycles. The molecule has 3 aromatic rings. The zero-order valence-electron chi connectivity index (χ0n) is 54.3. The number of rotatable bonds is 34. The Labute approximate surface area is 567 Å². The van der Waals surface area contributed by atoms with Crippen molar-refractivity contribution in [1.29, 1.82) is 5.26 Å². The fourth-order valence-electron chi connectivity index (χ4n) is 11.8. The van der Waals surface area contributed by atoms with Gasteiger partial charge in [0.15, 0.2) is 0 Å². The summed E-state index contributed by atoms with van der Waals surface area (Å²) in [6, 6.07) is 14.4. The predicted octanol–water partition coefficient (Wildman–Crippen LogP) is 4.48. The highest BCUT2D eigenvalue weighted by molar-refractivity contribution is 14.1. The van der Waals surface area contributed by atoms with Crippen molar-refractivity contribution in [1.82, 2.24) is 55.7 Å². The number of alkyl halides is 2. The van der Waals surface area contributed by atoms with Crippen molar-refractivity contribution in [2.45, 2.75) is 128 Å². The number of fused-ring (bicyclic) bond motifs is 1. The number of unbranched alkanes of at least 4 members (excludes halogenated alkanes) is 4. The average Bonchev–Trinajstić information content (AvgIpc) is 1.72. The van der Waals surface area contributed by atoms with Crippen LogP contribution in [-0.2, 0) is 44.8 Å². The average molecular weight is 1440 g/mol. The van der Waals surface area contributed by atoms with Crippen molar-refractivity contribution in [2.75, 3.05) is 124 Å². The molecule has 29 heteroatoms. The van der Waals surface area contributed by atoms with Crippen molar-refractivity contribution in [3.63, 3.8) is 0 Å². The van der Waals surface area contributed by atoms with Crippen LogP contribution >= 0.6 is 22.6 Å². The van der Waals surface area contributed by atoms with E-state index in [4.69, 9.17) is 4.74 Å². The maximum atomic E-state index is 13.9. The Balaban J connectivity index is 0.920. The van der Waals surface area contributed by atoms with Crippen LogP contribution in [0.2, 0.25) is 0 Å². The minimum atomic E-state index is -3.17. The highest BCUT2D eigenvalue weighted by atomic mass is 127. The van der Waals surface area contributed by atoms with Gasteiger partial charge >= 0.3 is 17.9 Å². The first-order valence-electron chi connectivity index (χ1n) is 32.8. The number of hydrogen-bond donors (Lipinski definition) is 7. The summed E-state index contributed by atoms with van der Waals surface area (Å²) in [4.78, 5) is 133. The summed E-state index contributed by atoms with van der Waals surface area (Å²) < 4.78 is 35.0. The molecule has 0 spiro atoms. The van der Waals surface area contributed by atoms with Gasteiger partial charge in [0.25, 0.3) is 11.8 Å². The molecule has 3 saturated heterocycles. The number of aliphatic imine (C=N–C) groups is 1. The molecule has 0 radical (unpaired) electrons. The highest BCUT2D eigenvalue weighted by Crippen LogP contribution is 2.32. The standard InChI is InChI=1S/C66H92F2IN13O13/c1-47(75-57(83)13-9-11-48-15-17-50(69)18-16-48)71-24-7-4-12-56(76-58(84)42-77-29-31-78(43-61(87)88)33-35-80(45-63(91)92)36-34-79(32-30-77)44-62(89)90)65(94)73-25-6-2-3-14-59(85)81-27-22-49(23-28-81)10-5-8-37-95-52-19-20-55-54(38-52)53(21-26-72-55)64(93)74-41-60(86)82-46-66(67,68)39-51(82)40-70/h15-21,26,38,49,51,56H,2-14,22-25,27-37,39,41-46H2,1H3,(H,73,94)(H,74,93)(H,76,84)(H,87,88)(H,89,90)(H,91,92)(H,71,75,83)/t51-,56+/m1/s1. The second-order valence-electron chi connectivity index (χ2n) is 24.6. The van der Waals surface area contributed by atoms with Gasteiger partial charge < -0.3 is 51.1 Å². The van der Waals surface area contributed by atoms with Crippen molar-refractivity contribution in [2.24, 2.45) is 10.9 Å². The first kappa shape index (κ1) is 76.5. The van der Waals surface area contributed by atoms with Gasteiger partial charge in [0.05, 0.1) is 68.9 Å². The number of pyridine rings is 1. The lowest BCUT2D eigenvalue weighted by atomic mass is 9.91. The molecular weight excluding hydrogens is 1350 g/mol. The number of aromatic nitrogens is 1. The van der Waals surface area contributed by atoms with E-state index in [0.29, 0.717) is 113 Å². The van der Waals surface area contributed by atoms with Crippen LogP contribution in [0.1, 0.15) is 119 Å². The molecule has 3 fully saturated rings. The molecule has 0 aliphatic carbocycles. The van der Waals surface area contributed by atoms with Gasteiger partial charge in [0.2, 0.25) is 29.5 Å².